The Hall–Kier alpha value is -1.51. The van der Waals surface area contributed by atoms with Gasteiger partial charge in [-0.05, 0) is 50.8 Å². The highest BCUT2D eigenvalue weighted by Crippen LogP contribution is 2.37. The number of benzene rings is 1. The topological polar surface area (TPSA) is 70.6 Å². The van der Waals surface area contributed by atoms with Gasteiger partial charge in [0.05, 0.1) is 34.3 Å². The maximum absolute atomic E-state index is 13.5. The first-order valence-electron chi connectivity index (χ1n) is 11.1. The van der Waals surface area contributed by atoms with Crippen LogP contribution in [0.4, 0.5) is 0 Å². The van der Waals surface area contributed by atoms with Gasteiger partial charge in [0.25, 0.3) is 0 Å². The summed E-state index contributed by atoms with van der Waals surface area (Å²) in [5.74, 6) is 0.458. The van der Waals surface area contributed by atoms with Gasteiger partial charge in [0.1, 0.15) is 5.01 Å². The van der Waals surface area contributed by atoms with Gasteiger partial charge >= 0.3 is 0 Å². The molecule has 3 heterocycles. The maximum atomic E-state index is 13.5. The Kier molecular flexibility index (Phi) is 5.58. The number of sulfone groups is 1. The molecule has 1 amide bonds. The van der Waals surface area contributed by atoms with Crippen LogP contribution in [0.15, 0.2) is 24.3 Å². The number of thiazole rings is 1. The minimum absolute atomic E-state index is 0.108. The van der Waals surface area contributed by atoms with Crippen molar-refractivity contribution in [2.75, 3.05) is 24.6 Å². The SMILES string of the molecule is O=C(CN1CCCC1c1nc2ccccc2s1)N(C1CCCC1)C1CCS(=O)(=O)C1. The summed E-state index contributed by atoms with van der Waals surface area (Å²) in [5, 5.41) is 1.09. The predicted octanol–water partition coefficient (Wildman–Crippen LogP) is 3.39. The van der Waals surface area contributed by atoms with Gasteiger partial charge < -0.3 is 4.90 Å². The van der Waals surface area contributed by atoms with Crippen molar-refractivity contribution in [1.82, 2.24) is 14.8 Å². The van der Waals surface area contributed by atoms with Gasteiger partial charge in [0.2, 0.25) is 5.91 Å². The number of hydrogen-bond acceptors (Lipinski definition) is 6. The Morgan fingerprint density at radius 3 is 2.63 bits per heavy atom. The number of aromatic nitrogens is 1. The second-order valence-electron chi connectivity index (χ2n) is 8.94. The lowest BCUT2D eigenvalue weighted by Gasteiger charge is -2.36. The minimum atomic E-state index is -3.02. The number of carbonyl (C=O) groups is 1. The first kappa shape index (κ1) is 20.4. The van der Waals surface area contributed by atoms with Crippen LogP contribution in [0.3, 0.4) is 0 Å². The Balaban J connectivity index is 1.35. The minimum Gasteiger partial charge on any atom is -0.335 e. The fraction of sp³-hybridized carbons (Fsp3) is 0.636. The number of amides is 1. The van der Waals surface area contributed by atoms with Crippen LogP contribution < -0.4 is 0 Å². The molecule has 0 N–H and O–H groups in total. The van der Waals surface area contributed by atoms with E-state index in [9.17, 15) is 13.2 Å². The van der Waals surface area contributed by atoms with Crippen molar-refractivity contribution < 1.29 is 13.2 Å². The normalized spacial score (nSPS) is 27.2. The molecule has 1 aromatic heterocycles. The molecule has 2 unspecified atom stereocenters. The Labute approximate surface area is 182 Å². The second kappa shape index (κ2) is 8.20. The lowest BCUT2D eigenvalue weighted by Crippen LogP contribution is -2.50. The van der Waals surface area contributed by atoms with Gasteiger partial charge in [0, 0.05) is 12.1 Å². The zero-order chi connectivity index (χ0) is 20.7. The second-order valence-corrected chi connectivity index (χ2v) is 12.2. The molecule has 0 spiro atoms. The molecular weight excluding hydrogens is 418 g/mol. The zero-order valence-electron chi connectivity index (χ0n) is 17.2. The average molecular weight is 448 g/mol. The van der Waals surface area contributed by atoms with E-state index in [0.29, 0.717) is 13.0 Å². The molecule has 3 fully saturated rings. The van der Waals surface area contributed by atoms with E-state index in [2.05, 4.69) is 11.0 Å². The van der Waals surface area contributed by atoms with Crippen molar-refractivity contribution in [3.63, 3.8) is 0 Å². The van der Waals surface area contributed by atoms with Crippen molar-refractivity contribution in [3.05, 3.63) is 29.3 Å². The fourth-order valence-corrected chi connectivity index (χ4v) is 8.31. The number of para-hydroxylation sites is 1. The van der Waals surface area contributed by atoms with Gasteiger partial charge in [0.15, 0.2) is 9.84 Å². The molecule has 162 valence electrons. The molecule has 1 aromatic carbocycles. The van der Waals surface area contributed by atoms with Crippen LogP contribution in [0.1, 0.15) is 56.0 Å². The summed E-state index contributed by atoms with van der Waals surface area (Å²) >= 11 is 1.73. The molecule has 3 aliphatic rings. The van der Waals surface area contributed by atoms with Gasteiger partial charge in [-0.3, -0.25) is 9.69 Å². The third-order valence-corrected chi connectivity index (χ3v) is 9.79. The van der Waals surface area contributed by atoms with E-state index in [-0.39, 0.29) is 35.5 Å². The average Bonchev–Trinajstić information content (AvgIpc) is 3.48. The molecular formula is C22H29N3O3S2. The molecule has 30 heavy (non-hydrogen) atoms. The van der Waals surface area contributed by atoms with E-state index in [1.54, 1.807) is 11.3 Å². The van der Waals surface area contributed by atoms with Crippen molar-refractivity contribution in [1.29, 1.82) is 0 Å². The maximum Gasteiger partial charge on any atom is 0.237 e. The largest absolute Gasteiger partial charge is 0.335 e. The van der Waals surface area contributed by atoms with Crippen molar-refractivity contribution in [2.24, 2.45) is 0 Å². The first-order chi connectivity index (χ1) is 14.5. The number of carbonyl (C=O) groups excluding carboxylic acids is 1. The third kappa shape index (κ3) is 4.01. The Morgan fingerprint density at radius 2 is 1.90 bits per heavy atom. The molecule has 1 saturated carbocycles. The summed E-state index contributed by atoms with van der Waals surface area (Å²) in [5.41, 5.74) is 1.03. The molecule has 1 aliphatic carbocycles. The predicted molar refractivity (Wildman–Crippen MR) is 119 cm³/mol. The monoisotopic (exact) mass is 447 g/mol. The lowest BCUT2D eigenvalue weighted by molar-refractivity contribution is -0.137. The number of fused-ring (bicyclic) bond motifs is 1. The van der Waals surface area contributed by atoms with E-state index in [1.807, 2.05) is 23.1 Å². The number of hydrogen-bond donors (Lipinski definition) is 0. The van der Waals surface area contributed by atoms with Crippen LogP contribution in [0.2, 0.25) is 0 Å². The van der Waals surface area contributed by atoms with Crippen LogP contribution in [0.25, 0.3) is 10.2 Å². The van der Waals surface area contributed by atoms with Crippen LogP contribution >= 0.6 is 11.3 Å². The smallest absolute Gasteiger partial charge is 0.237 e. The summed E-state index contributed by atoms with van der Waals surface area (Å²) in [6.07, 6.45) is 6.94. The molecule has 0 radical (unpaired) electrons. The molecule has 2 saturated heterocycles. The van der Waals surface area contributed by atoms with E-state index in [4.69, 9.17) is 4.98 Å². The quantitative estimate of drug-likeness (QED) is 0.703. The van der Waals surface area contributed by atoms with Gasteiger partial charge in [-0.15, -0.1) is 11.3 Å². The van der Waals surface area contributed by atoms with E-state index in [0.717, 1.165) is 55.6 Å². The van der Waals surface area contributed by atoms with Gasteiger partial charge in [-0.2, -0.15) is 0 Å². The number of likely N-dealkylation sites (tertiary alicyclic amines) is 1. The molecule has 5 rings (SSSR count). The number of nitrogens with zero attached hydrogens (tertiary/aromatic N) is 3. The summed E-state index contributed by atoms with van der Waals surface area (Å²) in [7, 11) is -3.02. The summed E-state index contributed by atoms with van der Waals surface area (Å²) < 4.78 is 25.4. The molecule has 2 atom stereocenters. The molecule has 2 aliphatic heterocycles. The Morgan fingerprint density at radius 1 is 1.10 bits per heavy atom. The lowest BCUT2D eigenvalue weighted by atomic mass is 10.1. The van der Waals surface area contributed by atoms with E-state index < -0.39 is 9.84 Å². The number of rotatable bonds is 5. The Bertz CT molecular complexity index is 996. The van der Waals surface area contributed by atoms with E-state index >= 15 is 0 Å². The summed E-state index contributed by atoms with van der Waals surface area (Å²) in [4.78, 5) is 22.6. The van der Waals surface area contributed by atoms with E-state index in [1.165, 1.54) is 4.70 Å². The first-order valence-corrected chi connectivity index (χ1v) is 13.7. The standard InChI is InChI=1S/C22H29N3O3S2/c26-21(25(16-6-1-2-7-16)17-11-13-30(27,28)15-17)14-24-12-5-9-19(24)22-23-18-8-3-4-10-20(18)29-22/h3-4,8,10,16-17,19H,1-2,5-7,9,11-15H2. The van der Waals surface area contributed by atoms with Gasteiger partial charge in [-0.1, -0.05) is 25.0 Å². The summed E-state index contributed by atoms with van der Waals surface area (Å²) in [6, 6.07) is 8.44. The highest BCUT2D eigenvalue weighted by molar-refractivity contribution is 7.91. The zero-order valence-corrected chi connectivity index (χ0v) is 18.8. The highest BCUT2D eigenvalue weighted by atomic mass is 32.2. The van der Waals surface area contributed by atoms with Crippen molar-refractivity contribution >= 4 is 37.3 Å². The van der Waals surface area contributed by atoms with Crippen LogP contribution in [-0.2, 0) is 14.6 Å². The fourth-order valence-electron chi connectivity index (χ4n) is 5.47. The van der Waals surface area contributed by atoms with Gasteiger partial charge in [-0.25, -0.2) is 13.4 Å². The van der Waals surface area contributed by atoms with Crippen LogP contribution in [-0.4, -0.2) is 65.8 Å². The molecule has 2 aromatic rings. The van der Waals surface area contributed by atoms with Crippen molar-refractivity contribution in [2.45, 2.75) is 63.1 Å². The molecule has 6 nitrogen and oxygen atoms in total. The highest BCUT2D eigenvalue weighted by Gasteiger charge is 2.40. The van der Waals surface area contributed by atoms with Crippen LogP contribution in [0, 0.1) is 0 Å². The third-order valence-electron chi connectivity index (χ3n) is 6.91. The van der Waals surface area contributed by atoms with Crippen LogP contribution in [0.5, 0.6) is 0 Å². The van der Waals surface area contributed by atoms with Crippen molar-refractivity contribution in [3.8, 4) is 0 Å². The summed E-state index contributed by atoms with van der Waals surface area (Å²) in [6.45, 7) is 1.27. The molecule has 0 bridgehead atoms. The molecule has 8 heteroatoms.